The lowest BCUT2D eigenvalue weighted by Gasteiger charge is -2.10. The third kappa shape index (κ3) is 2.60. The number of fused-ring (bicyclic) bond motifs is 1. The van der Waals surface area contributed by atoms with Crippen molar-refractivity contribution >= 4 is 22.4 Å². The van der Waals surface area contributed by atoms with Crippen LogP contribution in [0, 0.1) is 11.3 Å². The van der Waals surface area contributed by atoms with E-state index in [0.717, 1.165) is 6.20 Å². The predicted octanol–water partition coefficient (Wildman–Crippen LogP) is 5.20. The molecule has 0 atom stereocenters. The van der Waals surface area contributed by atoms with Crippen LogP contribution in [0.4, 0.5) is 26.3 Å². The van der Waals surface area contributed by atoms with Crippen molar-refractivity contribution in [3.05, 3.63) is 40.5 Å². The minimum absolute atomic E-state index is 0.0882. The van der Waals surface area contributed by atoms with Crippen LogP contribution < -0.4 is 0 Å². The highest BCUT2D eigenvalue weighted by molar-refractivity contribution is 7.06. The molecule has 0 saturated carbocycles. The van der Waals surface area contributed by atoms with Crippen molar-refractivity contribution in [2.24, 2.45) is 0 Å². The molecular weight excluding hydrogens is 356 g/mol. The second-order valence-electron chi connectivity index (χ2n) is 4.81. The highest BCUT2D eigenvalue weighted by Gasteiger charge is 2.45. The normalized spacial score (nSPS) is 12.5. The Balaban J connectivity index is 2.37. The zero-order valence-electron chi connectivity index (χ0n) is 11.4. The third-order valence-corrected chi connectivity index (χ3v) is 4.19. The predicted molar refractivity (Wildman–Crippen MR) is 74.1 cm³/mol. The lowest BCUT2D eigenvalue weighted by molar-refractivity contribution is -0.141. The molecule has 124 valence electrons. The Hall–Kier alpha value is -2.54. The number of alkyl halides is 6. The van der Waals surface area contributed by atoms with Crippen LogP contribution >= 0.6 is 11.5 Å². The molecule has 10 heteroatoms. The molecule has 0 saturated heterocycles. The molecule has 0 amide bonds. The van der Waals surface area contributed by atoms with Crippen LogP contribution in [0.3, 0.4) is 0 Å². The van der Waals surface area contributed by atoms with Gasteiger partial charge in [-0.15, -0.1) is 0 Å². The number of aromatic nitrogens is 2. The van der Waals surface area contributed by atoms with Gasteiger partial charge in [0.25, 0.3) is 0 Å². The molecule has 3 aromatic rings. The van der Waals surface area contributed by atoms with Gasteiger partial charge in [0.1, 0.15) is 4.88 Å². The van der Waals surface area contributed by atoms with Crippen molar-refractivity contribution in [3.8, 4) is 17.2 Å². The second kappa shape index (κ2) is 5.24. The van der Waals surface area contributed by atoms with E-state index in [9.17, 15) is 26.3 Å². The van der Waals surface area contributed by atoms with Gasteiger partial charge in [0.15, 0.2) is 5.69 Å². The lowest BCUT2D eigenvalue weighted by atomic mass is 10.0. The van der Waals surface area contributed by atoms with Crippen LogP contribution in [-0.2, 0) is 12.4 Å². The highest BCUT2D eigenvalue weighted by atomic mass is 32.1. The van der Waals surface area contributed by atoms with Gasteiger partial charge >= 0.3 is 12.4 Å². The zero-order chi connectivity index (χ0) is 17.7. The van der Waals surface area contributed by atoms with E-state index < -0.39 is 28.5 Å². The average molecular weight is 361 g/mol. The molecule has 3 rings (SSSR count). The fourth-order valence-corrected chi connectivity index (χ4v) is 3.10. The first-order valence-corrected chi connectivity index (χ1v) is 7.06. The summed E-state index contributed by atoms with van der Waals surface area (Å²) in [4.78, 5) is 1.19. The topological polar surface area (TPSA) is 52.5 Å². The molecule has 1 N–H and O–H groups in total. The maximum Gasteiger partial charge on any atom is 0.435 e. The van der Waals surface area contributed by atoms with Crippen LogP contribution in [0.2, 0.25) is 0 Å². The van der Waals surface area contributed by atoms with Crippen LogP contribution in [0.5, 0.6) is 0 Å². The van der Waals surface area contributed by atoms with Crippen molar-refractivity contribution < 1.29 is 26.3 Å². The molecule has 0 unspecified atom stereocenters. The summed E-state index contributed by atoms with van der Waals surface area (Å²) >= 11 is -0.247. The Morgan fingerprint density at radius 1 is 1.08 bits per heavy atom. The molecule has 0 aliphatic rings. The molecule has 0 fully saturated rings. The fraction of sp³-hybridized carbons (Fsp3) is 0.143. The molecule has 3 nitrogen and oxygen atoms in total. The first-order valence-electron chi connectivity index (χ1n) is 6.28. The lowest BCUT2D eigenvalue weighted by Crippen LogP contribution is -2.10. The number of hydrogen-bond acceptors (Lipinski definition) is 3. The van der Waals surface area contributed by atoms with Crippen molar-refractivity contribution in [1.29, 1.82) is 5.26 Å². The molecule has 1 aromatic carbocycles. The smallest absolute Gasteiger partial charge is 0.361 e. The van der Waals surface area contributed by atoms with E-state index in [4.69, 9.17) is 5.26 Å². The summed E-state index contributed by atoms with van der Waals surface area (Å²) in [6, 6.07) is 5.86. The van der Waals surface area contributed by atoms with E-state index in [1.54, 1.807) is 6.07 Å². The molecule has 0 spiro atoms. The SMILES string of the molecule is N#Cc1ccc2[nH]cc(-c3c(C(F)(F)F)nsc3C(F)(F)F)c2c1. The molecule has 2 aromatic heterocycles. The van der Waals surface area contributed by atoms with E-state index in [2.05, 4.69) is 9.36 Å². The van der Waals surface area contributed by atoms with E-state index in [1.165, 1.54) is 18.2 Å². The molecule has 0 radical (unpaired) electrons. The van der Waals surface area contributed by atoms with E-state index in [0.29, 0.717) is 5.52 Å². The molecule has 0 aliphatic heterocycles. The van der Waals surface area contributed by atoms with Gasteiger partial charge in [0.2, 0.25) is 0 Å². The Kier molecular flexibility index (Phi) is 3.56. The van der Waals surface area contributed by atoms with Crippen LogP contribution in [0.15, 0.2) is 24.4 Å². The zero-order valence-corrected chi connectivity index (χ0v) is 12.2. The first-order chi connectivity index (χ1) is 11.1. The second-order valence-corrected chi connectivity index (χ2v) is 5.58. The Morgan fingerprint density at radius 2 is 1.79 bits per heavy atom. The van der Waals surface area contributed by atoms with Crippen LogP contribution in [0.1, 0.15) is 16.1 Å². The summed E-state index contributed by atoms with van der Waals surface area (Å²) in [5.74, 6) is 0. The van der Waals surface area contributed by atoms with Crippen LogP contribution in [-0.4, -0.2) is 9.36 Å². The summed E-state index contributed by atoms with van der Waals surface area (Å²) < 4.78 is 81.7. The van der Waals surface area contributed by atoms with Gasteiger partial charge in [-0.05, 0) is 29.7 Å². The maximum absolute atomic E-state index is 13.1. The summed E-state index contributed by atoms with van der Waals surface area (Å²) in [5, 5.41) is 8.98. The molecule has 2 heterocycles. The van der Waals surface area contributed by atoms with Crippen molar-refractivity contribution in [2.45, 2.75) is 12.4 Å². The number of nitrogens with zero attached hydrogens (tertiary/aromatic N) is 2. The molecule has 24 heavy (non-hydrogen) atoms. The minimum atomic E-state index is -5.04. The average Bonchev–Trinajstić information content (AvgIpc) is 3.08. The third-order valence-electron chi connectivity index (χ3n) is 3.30. The molecule has 0 bridgehead atoms. The minimum Gasteiger partial charge on any atom is -0.361 e. The summed E-state index contributed by atoms with van der Waals surface area (Å²) in [7, 11) is 0. The Morgan fingerprint density at radius 3 is 2.38 bits per heavy atom. The summed E-state index contributed by atoms with van der Waals surface area (Å²) in [6.45, 7) is 0. The van der Waals surface area contributed by atoms with Crippen LogP contribution in [0.25, 0.3) is 22.0 Å². The van der Waals surface area contributed by atoms with E-state index in [1.807, 2.05) is 0 Å². The van der Waals surface area contributed by atoms with Gasteiger partial charge in [0.05, 0.1) is 11.6 Å². The highest BCUT2D eigenvalue weighted by Crippen LogP contribution is 2.48. The number of nitriles is 1. The van der Waals surface area contributed by atoms with Crippen molar-refractivity contribution in [3.63, 3.8) is 0 Å². The van der Waals surface area contributed by atoms with Gasteiger partial charge in [-0.3, -0.25) is 0 Å². The molecular formula is C14H5F6N3S. The monoisotopic (exact) mass is 361 g/mol. The van der Waals surface area contributed by atoms with Gasteiger partial charge in [-0.25, -0.2) is 0 Å². The van der Waals surface area contributed by atoms with Crippen molar-refractivity contribution in [1.82, 2.24) is 9.36 Å². The van der Waals surface area contributed by atoms with E-state index in [-0.39, 0.29) is 28.0 Å². The van der Waals surface area contributed by atoms with Gasteiger partial charge in [-0.2, -0.15) is 36.0 Å². The summed E-state index contributed by atoms with van der Waals surface area (Å²) in [6.07, 6.45) is -8.96. The number of nitrogens with one attached hydrogen (secondary N) is 1. The van der Waals surface area contributed by atoms with E-state index >= 15 is 0 Å². The number of halogens is 6. The number of H-pyrrole nitrogens is 1. The largest absolute Gasteiger partial charge is 0.435 e. The van der Waals surface area contributed by atoms with Gasteiger partial charge in [0, 0.05) is 28.2 Å². The van der Waals surface area contributed by atoms with Gasteiger partial charge in [-0.1, -0.05) is 0 Å². The Bertz CT molecular complexity index is 926. The Labute approximate surface area is 134 Å². The number of aromatic amines is 1. The van der Waals surface area contributed by atoms with Crippen molar-refractivity contribution in [2.75, 3.05) is 0 Å². The molecule has 0 aliphatic carbocycles. The standard InChI is InChI=1S/C14H5F6N3S/c15-13(16,17)11-10(12(24-23-11)14(18,19)20)8-5-22-9-2-1-6(4-21)3-7(8)9/h1-3,5,22H. The number of hydrogen-bond donors (Lipinski definition) is 1. The maximum atomic E-state index is 13.1. The number of benzene rings is 1. The van der Waals surface area contributed by atoms with Gasteiger partial charge < -0.3 is 4.98 Å². The summed E-state index contributed by atoms with van der Waals surface area (Å²) in [5.41, 5.74) is -2.48. The quantitative estimate of drug-likeness (QED) is 0.606. The fourth-order valence-electron chi connectivity index (χ4n) is 2.32. The first kappa shape index (κ1) is 16.3. The number of rotatable bonds is 1.